The van der Waals surface area contributed by atoms with Crippen LogP contribution in [0.1, 0.15) is 20.8 Å². The number of rotatable bonds is 3. The first-order chi connectivity index (χ1) is 4.83. The molecule has 0 saturated carbocycles. The van der Waals surface area contributed by atoms with Crippen molar-refractivity contribution in [3.63, 3.8) is 0 Å². The molecule has 0 aliphatic carbocycles. The van der Waals surface area contributed by atoms with Gasteiger partial charge in [0.05, 0.1) is 0 Å². The quantitative estimate of drug-likeness (QED) is 0.704. The second kappa shape index (κ2) is 4.21. The van der Waals surface area contributed by atoms with Crippen molar-refractivity contribution < 1.29 is 9.90 Å². The zero-order chi connectivity index (χ0) is 9.07. The Kier molecular flexibility index (Phi) is 4.26. The molecule has 2 nitrogen and oxygen atoms in total. The minimum Gasteiger partial charge on any atom is -0.480 e. The van der Waals surface area contributed by atoms with E-state index >= 15 is 0 Å². The van der Waals surface area contributed by atoms with E-state index in [0.29, 0.717) is 5.75 Å². The number of hydrogen-bond acceptors (Lipinski definition) is 2. The van der Waals surface area contributed by atoms with Crippen molar-refractivity contribution >= 4 is 29.3 Å². The Labute approximate surface area is 76.3 Å². The second-order valence-electron chi connectivity index (χ2n) is 3.23. The minimum absolute atomic E-state index is 0.0859. The largest absolute Gasteiger partial charge is 0.480 e. The fourth-order valence-corrected chi connectivity index (χ4v) is 1.37. The summed E-state index contributed by atoms with van der Waals surface area (Å²) in [6.07, 6.45) is 0. The SMILES string of the molecule is CC(C)(C)SCC(Cl)C(=O)O. The van der Waals surface area contributed by atoms with Gasteiger partial charge >= 0.3 is 5.97 Å². The molecule has 1 unspecified atom stereocenters. The van der Waals surface area contributed by atoms with Crippen LogP contribution in [-0.2, 0) is 4.79 Å². The molecule has 0 aliphatic heterocycles. The van der Waals surface area contributed by atoms with Crippen molar-refractivity contribution in [2.45, 2.75) is 30.9 Å². The van der Waals surface area contributed by atoms with Crippen LogP contribution in [0.2, 0.25) is 0 Å². The average Bonchev–Trinajstić information content (AvgIpc) is 1.80. The first-order valence-corrected chi connectivity index (χ1v) is 4.76. The summed E-state index contributed by atoms with van der Waals surface area (Å²) in [5, 5.41) is 7.67. The van der Waals surface area contributed by atoms with Gasteiger partial charge in [0.15, 0.2) is 0 Å². The molecular formula is C7H13ClO2S. The smallest absolute Gasteiger partial charge is 0.322 e. The molecule has 11 heavy (non-hydrogen) atoms. The number of carboxylic acids is 1. The van der Waals surface area contributed by atoms with Crippen molar-refractivity contribution in [1.29, 1.82) is 0 Å². The molecule has 0 radical (unpaired) electrons. The van der Waals surface area contributed by atoms with Crippen molar-refractivity contribution in [3.8, 4) is 0 Å². The molecule has 0 spiro atoms. The Morgan fingerprint density at radius 3 is 2.36 bits per heavy atom. The Morgan fingerprint density at radius 1 is 1.64 bits per heavy atom. The summed E-state index contributed by atoms with van der Waals surface area (Å²) in [6, 6.07) is 0. The molecule has 0 fully saturated rings. The van der Waals surface area contributed by atoms with E-state index < -0.39 is 11.3 Å². The Morgan fingerprint density at radius 2 is 2.09 bits per heavy atom. The van der Waals surface area contributed by atoms with Crippen LogP contribution < -0.4 is 0 Å². The maximum atomic E-state index is 10.3. The highest BCUT2D eigenvalue weighted by atomic mass is 35.5. The van der Waals surface area contributed by atoms with Crippen LogP contribution in [0.25, 0.3) is 0 Å². The van der Waals surface area contributed by atoms with Gasteiger partial charge in [0.2, 0.25) is 0 Å². The number of hydrogen-bond donors (Lipinski definition) is 1. The maximum Gasteiger partial charge on any atom is 0.322 e. The van der Waals surface area contributed by atoms with E-state index in [1.165, 1.54) is 0 Å². The molecular weight excluding hydrogens is 184 g/mol. The van der Waals surface area contributed by atoms with Gasteiger partial charge in [-0.1, -0.05) is 20.8 Å². The monoisotopic (exact) mass is 196 g/mol. The van der Waals surface area contributed by atoms with Crippen LogP contribution in [0.15, 0.2) is 0 Å². The summed E-state index contributed by atoms with van der Waals surface area (Å²) in [7, 11) is 0. The van der Waals surface area contributed by atoms with E-state index in [1.807, 2.05) is 20.8 Å². The lowest BCUT2D eigenvalue weighted by Crippen LogP contribution is -2.19. The van der Waals surface area contributed by atoms with Crippen LogP contribution in [0.3, 0.4) is 0 Å². The van der Waals surface area contributed by atoms with Crippen molar-refractivity contribution in [1.82, 2.24) is 0 Å². The number of thioether (sulfide) groups is 1. The van der Waals surface area contributed by atoms with Gasteiger partial charge in [-0.25, -0.2) is 0 Å². The molecule has 0 rings (SSSR count). The van der Waals surface area contributed by atoms with Gasteiger partial charge in [-0.2, -0.15) is 11.8 Å². The predicted molar refractivity (Wildman–Crippen MR) is 49.5 cm³/mol. The van der Waals surface area contributed by atoms with Gasteiger partial charge in [-0.3, -0.25) is 4.79 Å². The average molecular weight is 197 g/mol. The molecule has 0 aromatic carbocycles. The molecule has 0 amide bonds. The third-order valence-corrected chi connectivity index (χ3v) is 2.82. The zero-order valence-corrected chi connectivity index (χ0v) is 8.50. The number of aliphatic carboxylic acids is 1. The third-order valence-electron chi connectivity index (χ3n) is 0.931. The number of carbonyl (C=O) groups is 1. The van der Waals surface area contributed by atoms with E-state index in [9.17, 15) is 4.79 Å². The van der Waals surface area contributed by atoms with Crippen molar-refractivity contribution in [3.05, 3.63) is 0 Å². The van der Waals surface area contributed by atoms with Gasteiger partial charge in [0.25, 0.3) is 0 Å². The number of alkyl halides is 1. The lowest BCUT2D eigenvalue weighted by Gasteiger charge is -2.17. The Hall–Kier alpha value is 0.110. The molecule has 4 heteroatoms. The minimum atomic E-state index is -0.941. The van der Waals surface area contributed by atoms with Gasteiger partial charge in [0.1, 0.15) is 5.38 Å². The first-order valence-electron chi connectivity index (χ1n) is 3.34. The van der Waals surface area contributed by atoms with Gasteiger partial charge in [0, 0.05) is 10.5 Å². The van der Waals surface area contributed by atoms with Crippen LogP contribution in [0, 0.1) is 0 Å². The summed E-state index contributed by atoms with van der Waals surface area (Å²) in [5.41, 5.74) is 0. The fraction of sp³-hybridized carbons (Fsp3) is 0.857. The van der Waals surface area contributed by atoms with E-state index in [4.69, 9.17) is 16.7 Å². The lowest BCUT2D eigenvalue weighted by molar-refractivity contribution is -0.136. The van der Waals surface area contributed by atoms with Crippen LogP contribution in [-0.4, -0.2) is 27.0 Å². The summed E-state index contributed by atoms with van der Waals surface area (Å²) < 4.78 is 0.0859. The molecule has 0 heterocycles. The summed E-state index contributed by atoms with van der Waals surface area (Å²) in [6.45, 7) is 6.09. The Bertz CT molecular complexity index is 142. The normalized spacial score (nSPS) is 14.5. The van der Waals surface area contributed by atoms with Gasteiger partial charge < -0.3 is 5.11 Å². The molecule has 0 aliphatic rings. The molecule has 66 valence electrons. The molecule has 1 atom stereocenters. The van der Waals surface area contributed by atoms with Crippen LogP contribution in [0.5, 0.6) is 0 Å². The fourth-order valence-electron chi connectivity index (χ4n) is 0.394. The van der Waals surface area contributed by atoms with E-state index in [1.54, 1.807) is 11.8 Å². The third kappa shape index (κ3) is 6.51. The first kappa shape index (κ1) is 11.1. The number of halogens is 1. The van der Waals surface area contributed by atoms with Crippen molar-refractivity contribution in [2.75, 3.05) is 5.75 Å². The lowest BCUT2D eigenvalue weighted by atomic mass is 10.3. The number of carboxylic acid groups (broad SMARTS) is 1. The van der Waals surface area contributed by atoms with Crippen LogP contribution in [0.4, 0.5) is 0 Å². The zero-order valence-electron chi connectivity index (χ0n) is 6.93. The second-order valence-corrected chi connectivity index (χ2v) is 5.60. The summed E-state index contributed by atoms with van der Waals surface area (Å²) in [4.78, 5) is 10.3. The highest BCUT2D eigenvalue weighted by molar-refractivity contribution is 8.00. The summed E-state index contributed by atoms with van der Waals surface area (Å²) in [5.74, 6) is -0.483. The van der Waals surface area contributed by atoms with Crippen LogP contribution >= 0.6 is 23.4 Å². The highest BCUT2D eigenvalue weighted by Gasteiger charge is 2.18. The van der Waals surface area contributed by atoms with Gasteiger partial charge in [-0.15, -0.1) is 11.6 Å². The molecule has 1 N–H and O–H groups in total. The molecule has 0 bridgehead atoms. The van der Waals surface area contributed by atoms with E-state index in [-0.39, 0.29) is 4.75 Å². The van der Waals surface area contributed by atoms with Gasteiger partial charge in [-0.05, 0) is 0 Å². The molecule has 0 aromatic heterocycles. The highest BCUT2D eigenvalue weighted by Crippen LogP contribution is 2.24. The molecule has 0 saturated heterocycles. The van der Waals surface area contributed by atoms with E-state index in [2.05, 4.69) is 0 Å². The van der Waals surface area contributed by atoms with Crippen molar-refractivity contribution in [2.24, 2.45) is 0 Å². The van der Waals surface area contributed by atoms with E-state index in [0.717, 1.165) is 0 Å². The summed E-state index contributed by atoms with van der Waals surface area (Å²) >= 11 is 7.06. The topological polar surface area (TPSA) is 37.3 Å². The standard InChI is InChI=1S/C7H13ClO2S/c1-7(2,3)11-4-5(8)6(9)10/h5H,4H2,1-3H3,(H,9,10). The predicted octanol–water partition coefficient (Wildman–Crippen LogP) is 2.21. The maximum absolute atomic E-state index is 10.3. The Balaban J connectivity index is 3.63. The molecule has 0 aromatic rings.